The standard InChI is InChI=1S/C15H18ClNO2S/c1-18-7-6-17-10-12-9-13(16)4-5-15(12)19-11-14-3-2-8-20-14/h2-5,8-9,17H,6-7,10-11H2,1H3. The van der Waals surface area contributed by atoms with Crippen molar-refractivity contribution in [3.63, 3.8) is 0 Å². The molecule has 0 fully saturated rings. The van der Waals surface area contributed by atoms with E-state index in [9.17, 15) is 0 Å². The largest absolute Gasteiger partial charge is 0.488 e. The molecule has 0 saturated carbocycles. The van der Waals surface area contributed by atoms with Gasteiger partial charge in [0.05, 0.1) is 6.61 Å². The van der Waals surface area contributed by atoms with Crippen LogP contribution in [0.5, 0.6) is 5.75 Å². The van der Waals surface area contributed by atoms with Crippen molar-refractivity contribution in [1.82, 2.24) is 5.32 Å². The van der Waals surface area contributed by atoms with Gasteiger partial charge < -0.3 is 14.8 Å². The second-order valence-electron chi connectivity index (χ2n) is 4.29. The molecule has 0 aliphatic carbocycles. The molecule has 5 heteroatoms. The third kappa shape index (κ3) is 4.80. The van der Waals surface area contributed by atoms with Crippen LogP contribution in [0.3, 0.4) is 0 Å². The van der Waals surface area contributed by atoms with Crippen LogP contribution in [0.4, 0.5) is 0 Å². The molecule has 0 bridgehead atoms. The molecular formula is C15H18ClNO2S. The summed E-state index contributed by atoms with van der Waals surface area (Å²) < 4.78 is 10.9. The minimum atomic E-state index is 0.588. The topological polar surface area (TPSA) is 30.5 Å². The molecule has 0 amide bonds. The first kappa shape index (κ1) is 15.3. The quantitative estimate of drug-likeness (QED) is 0.754. The van der Waals surface area contributed by atoms with Crippen LogP contribution in [0.25, 0.3) is 0 Å². The average Bonchev–Trinajstić information content (AvgIpc) is 2.96. The molecule has 1 aromatic carbocycles. The van der Waals surface area contributed by atoms with E-state index in [2.05, 4.69) is 11.4 Å². The first-order chi connectivity index (χ1) is 9.79. The highest BCUT2D eigenvalue weighted by Gasteiger charge is 2.05. The second-order valence-corrected chi connectivity index (χ2v) is 5.76. The van der Waals surface area contributed by atoms with Crippen LogP contribution >= 0.6 is 22.9 Å². The van der Waals surface area contributed by atoms with Gasteiger partial charge in [-0.15, -0.1) is 11.3 Å². The summed E-state index contributed by atoms with van der Waals surface area (Å²) in [5.74, 6) is 0.868. The first-order valence-corrected chi connectivity index (χ1v) is 7.68. The molecule has 3 nitrogen and oxygen atoms in total. The maximum absolute atomic E-state index is 6.05. The fraction of sp³-hybridized carbons (Fsp3) is 0.333. The fourth-order valence-electron chi connectivity index (χ4n) is 1.77. The van der Waals surface area contributed by atoms with Gasteiger partial charge in [-0.25, -0.2) is 0 Å². The fourth-order valence-corrected chi connectivity index (χ4v) is 2.58. The van der Waals surface area contributed by atoms with Gasteiger partial charge in [-0.3, -0.25) is 0 Å². The third-order valence-corrected chi connectivity index (χ3v) is 3.86. The lowest BCUT2D eigenvalue weighted by atomic mass is 10.2. The molecule has 0 atom stereocenters. The highest BCUT2D eigenvalue weighted by molar-refractivity contribution is 7.09. The Balaban J connectivity index is 1.95. The van der Waals surface area contributed by atoms with Crippen LogP contribution in [0, 0.1) is 0 Å². The number of benzene rings is 1. The van der Waals surface area contributed by atoms with E-state index < -0.39 is 0 Å². The van der Waals surface area contributed by atoms with Crippen molar-refractivity contribution >= 4 is 22.9 Å². The molecule has 2 rings (SSSR count). The van der Waals surface area contributed by atoms with Gasteiger partial charge in [0.1, 0.15) is 12.4 Å². The summed E-state index contributed by atoms with van der Waals surface area (Å²) in [5.41, 5.74) is 1.06. The highest BCUT2D eigenvalue weighted by atomic mass is 35.5. The molecular weight excluding hydrogens is 294 g/mol. The number of thiophene rings is 1. The Morgan fingerprint density at radius 3 is 2.95 bits per heavy atom. The third-order valence-electron chi connectivity index (χ3n) is 2.77. The van der Waals surface area contributed by atoms with E-state index in [1.54, 1.807) is 18.4 Å². The van der Waals surface area contributed by atoms with E-state index in [0.717, 1.165) is 22.9 Å². The van der Waals surface area contributed by atoms with E-state index in [1.165, 1.54) is 4.88 Å². The summed E-state index contributed by atoms with van der Waals surface area (Å²) in [6.07, 6.45) is 0. The van der Waals surface area contributed by atoms with Crippen molar-refractivity contribution in [2.75, 3.05) is 20.3 Å². The van der Waals surface area contributed by atoms with E-state index in [-0.39, 0.29) is 0 Å². The van der Waals surface area contributed by atoms with Gasteiger partial charge >= 0.3 is 0 Å². The molecule has 0 unspecified atom stereocenters. The Morgan fingerprint density at radius 2 is 2.20 bits per heavy atom. The van der Waals surface area contributed by atoms with E-state index >= 15 is 0 Å². The SMILES string of the molecule is COCCNCc1cc(Cl)ccc1OCc1cccs1. The Hall–Kier alpha value is -1.07. The zero-order valence-corrected chi connectivity index (χ0v) is 13.0. The number of methoxy groups -OCH3 is 1. The molecule has 108 valence electrons. The zero-order chi connectivity index (χ0) is 14.2. The maximum atomic E-state index is 6.05. The molecule has 0 spiro atoms. The van der Waals surface area contributed by atoms with Crippen molar-refractivity contribution < 1.29 is 9.47 Å². The summed E-state index contributed by atoms with van der Waals surface area (Å²) in [6.45, 7) is 2.79. The summed E-state index contributed by atoms with van der Waals surface area (Å²) in [6, 6.07) is 9.80. The number of hydrogen-bond acceptors (Lipinski definition) is 4. The number of ether oxygens (including phenoxy) is 2. The average molecular weight is 312 g/mol. The Bertz CT molecular complexity index is 517. The summed E-state index contributed by atoms with van der Waals surface area (Å²) in [5, 5.41) is 6.07. The van der Waals surface area contributed by atoms with Crippen molar-refractivity contribution in [3.05, 3.63) is 51.2 Å². The molecule has 0 aliphatic heterocycles. The second kappa shape index (κ2) is 8.27. The molecule has 0 saturated heterocycles. The Labute approximate surface area is 128 Å². The summed E-state index contributed by atoms with van der Waals surface area (Å²) in [7, 11) is 1.69. The lowest BCUT2D eigenvalue weighted by Gasteiger charge is -2.12. The Kier molecular flexibility index (Phi) is 6.33. The lowest BCUT2D eigenvalue weighted by molar-refractivity contribution is 0.199. The van der Waals surface area contributed by atoms with E-state index in [0.29, 0.717) is 19.8 Å². The van der Waals surface area contributed by atoms with Crippen LogP contribution < -0.4 is 10.1 Å². The minimum Gasteiger partial charge on any atom is -0.488 e. The van der Waals surface area contributed by atoms with Gasteiger partial charge in [0.15, 0.2) is 0 Å². The zero-order valence-electron chi connectivity index (χ0n) is 11.4. The smallest absolute Gasteiger partial charge is 0.124 e. The molecule has 1 N–H and O–H groups in total. The normalized spacial score (nSPS) is 10.7. The van der Waals surface area contributed by atoms with E-state index in [1.807, 2.05) is 29.6 Å². The van der Waals surface area contributed by atoms with Crippen LogP contribution in [-0.4, -0.2) is 20.3 Å². The van der Waals surface area contributed by atoms with Gasteiger partial charge in [-0.2, -0.15) is 0 Å². The van der Waals surface area contributed by atoms with Crippen LogP contribution in [0.15, 0.2) is 35.7 Å². The van der Waals surface area contributed by atoms with Crippen molar-refractivity contribution in [3.8, 4) is 5.75 Å². The van der Waals surface area contributed by atoms with Crippen molar-refractivity contribution in [2.24, 2.45) is 0 Å². The summed E-state index contributed by atoms with van der Waals surface area (Å²) >= 11 is 7.74. The lowest BCUT2D eigenvalue weighted by Crippen LogP contribution is -2.19. The number of nitrogens with one attached hydrogen (secondary N) is 1. The predicted molar refractivity (Wildman–Crippen MR) is 83.7 cm³/mol. The Morgan fingerprint density at radius 1 is 1.30 bits per heavy atom. The van der Waals surface area contributed by atoms with Gasteiger partial charge in [-0.1, -0.05) is 17.7 Å². The number of hydrogen-bond donors (Lipinski definition) is 1. The molecule has 1 aromatic heterocycles. The van der Waals surface area contributed by atoms with Crippen LogP contribution in [0.1, 0.15) is 10.4 Å². The summed E-state index contributed by atoms with van der Waals surface area (Å²) in [4.78, 5) is 1.21. The molecule has 1 heterocycles. The number of halogens is 1. The molecule has 2 aromatic rings. The number of rotatable bonds is 8. The first-order valence-electron chi connectivity index (χ1n) is 6.43. The van der Waals surface area contributed by atoms with Gasteiger partial charge in [0.2, 0.25) is 0 Å². The molecule has 0 radical (unpaired) electrons. The highest BCUT2D eigenvalue weighted by Crippen LogP contribution is 2.24. The van der Waals surface area contributed by atoms with Gasteiger partial charge in [-0.05, 0) is 29.6 Å². The van der Waals surface area contributed by atoms with Gasteiger partial charge in [0.25, 0.3) is 0 Å². The van der Waals surface area contributed by atoms with Crippen LogP contribution in [-0.2, 0) is 17.9 Å². The maximum Gasteiger partial charge on any atom is 0.124 e. The molecule has 20 heavy (non-hydrogen) atoms. The minimum absolute atomic E-state index is 0.588. The van der Waals surface area contributed by atoms with Crippen molar-refractivity contribution in [1.29, 1.82) is 0 Å². The monoisotopic (exact) mass is 311 g/mol. The predicted octanol–water partition coefficient (Wildman–Crippen LogP) is 3.72. The molecule has 0 aliphatic rings. The van der Waals surface area contributed by atoms with E-state index in [4.69, 9.17) is 21.1 Å². The van der Waals surface area contributed by atoms with Gasteiger partial charge in [0, 0.05) is 35.7 Å². The van der Waals surface area contributed by atoms with Crippen LogP contribution in [0.2, 0.25) is 5.02 Å². The van der Waals surface area contributed by atoms with Crippen molar-refractivity contribution in [2.45, 2.75) is 13.2 Å².